The van der Waals surface area contributed by atoms with Crippen molar-refractivity contribution in [1.82, 2.24) is 53.9 Å². The fraction of sp³-hybridized carbons (Fsp3) is 0.476. The lowest BCUT2D eigenvalue weighted by Crippen LogP contribution is -2.53. The van der Waals surface area contributed by atoms with Crippen molar-refractivity contribution in [2.75, 3.05) is 49.5 Å². The van der Waals surface area contributed by atoms with Gasteiger partial charge in [-0.05, 0) is 69.2 Å². The van der Waals surface area contributed by atoms with Gasteiger partial charge in [0.15, 0.2) is 11.6 Å². The van der Waals surface area contributed by atoms with Gasteiger partial charge in [-0.1, -0.05) is 22.0 Å². The molecule has 1 saturated carbocycles. The number of aromatic nitrogens is 7. The Balaban J connectivity index is 0.751. The number of pyridine rings is 1. The second-order valence-corrected chi connectivity index (χ2v) is 20.0. The van der Waals surface area contributed by atoms with Crippen molar-refractivity contribution < 1.29 is 22.8 Å². The Morgan fingerprint density at radius 3 is 2.47 bits per heavy atom. The number of fused-ring (bicyclic) bond motifs is 2. The van der Waals surface area contributed by atoms with Gasteiger partial charge in [0.2, 0.25) is 11.8 Å². The van der Waals surface area contributed by atoms with Gasteiger partial charge in [0.25, 0.3) is 15.9 Å². The van der Waals surface area contributed by atoms with Gasteiger partial charge in [-0.15, -0.1) is 0 Å². The minimum atomic E-state index is -3.49. The first-order valence-corrected chi connectivity index (χ1v) is 23.6. The average molecular weight is 927 g/mol. The highest BCUT2D eigenvalue weighted by Crippen LogP contribution is 2.37. The molecule has 0 radical (unpaired) electrons. The number of amides is 3. The standard InChI is InChI=1S/C42H48BrN13O5S/c1-25(2)56-34-19-36(47-35-9-12-44-39(48-35)27-20-46-55(23-27)62(60,61)29-4-5-29)45-21-31(34)40(50-56)53-13-10-28(11-14-53)52-17-15-51(16-18-52)22-26-3-6-30-32(38(26)43)24-54(42(30)59)33-7-8-37(57)49-41(33)58/h3,6,9,12,19-21,23,25,28-29,33H,4-5,7-8,10-11,13-18,22,24H2,1-2H3,(H,49,57,58)(H,44,45,47,48). The molecule has 5 aromatic rings. The lowest BCUT2D eigenvalue weighted by Gasteiger charge is -2.43. The van der Waals surface area contributed by atoms with Crippen LogP contribution in [0.3, 0.4) is 0 Å². The van der Waals surface area contributed by atoms with E-state index in [2.05, 4.69) is 74.9 Å². The fourth-order valence-electron chi connectivity index (χ4n) is 9.23. The molecule has 0 spiro atoms. The molecule has 62 heavy (non-hydrogen) atoms. The van der Waals surface area contributed by atoms with E-state index in [1.54, 1.807) is 17.2 Å². The molecular weight excluding hydrogens is 879 g/mol. The van der Waals surface area contributed by atoms with Crippen molar-refractivity contribution in [3.8, 4) is 11.4 Å². The van der Waals surface area contributed by atoms with Crippen molar-refractivity contribution in [2.24, 2.45) is 0 Å². The monoisotopic (exact) mass is 925 g/mol. The predicted octanol–water partition coefficient (Wildman–Crippen LogP) is 4.06. The van der Waals surface area contributed by atoms with Crippen molar-refractivity contribution in [2.45, 2.75) is 88.8 Å². The van der Waals surface area contributed by atoms with Crippen molar-refractivity contribution >= 4 is 72.0 Å². The Kier molecular flexibility index (Phi) is 10.6. The van der Waals surface area contributed by atoms with E-state index in [0.29, 0.717) is 60.4 Å². The smallest absolute Gasteiger partial charge is 0.256 e. The molecule has 1 aromatic carbocycles. The molecule has 10 rings (SSSR count). The molecular formula is C42H48BrN13O5S. The first-order valence-electron chi connectivity index (χ1n) is 21.4. The van der Waals surface area contributed by atoms with E-state index in [4.69, 9.17) is 10.1 Å². The summed E-state index contributed by atoms with van der Waals surface area (Å²) in [5.74, 6) is 1.58. The first kappa shape index (κ1) is 40.7. The molecule has 1 atom stereocenters. The fourth-order valence-corrected chi connectivity index (χ4v) is 11.3. The van der Waals surface area contributed by atoms with Gasteiger partial charge in [-0.2, -0.15) is 14.3 Å². The van der Waals surface area contributed by atoms with E-state index in [1.165, 1.54) is 12.4 Å². The number of halogens is 1. The normalized spacial score (nSPS) is 20.7. The summed E-state index contributed by atoms with van der Waals surface area (Å²) in [5.41, 5.74) is 4.13. The van der Waals surface area contributed by atoms with Crippen LogP contribution in [-0.4, -0.2) is 131 Å². The van der Waals surface area contributed by atoms with Gasteiger partial charge in [-0.25, -0.2) is 23.4 Å². The van der Waals surface area contributed by atoms with E-state index >= 15 is 0 Å². The largest absolute Gasteiger partial charge is 0.354 e. The van der Waals surface area contributed by atoms with Crippen LogP contribution >= 0.6 is 15.9 Å². The Labute approximate surface area is 367 Å². The molecule has 2 N–H and O–H groups in total. The molecule has 0 bridgehead atoms. The van der Waals surface area contributed by atoms with Gasteiger partial charge in [0.05, 0.1) is 34.1 Å². The molecule has 1 unspecified atom stereocenters. The highest BCUT2D eigenvalue weighted by atomic mass is 79.9. The third-order valence-electron chi connectivity index (χ3n) is 12.8. The maximum absolute atomic E-state index is 13.3. The number of nitrogens with one attached hydrogen (secondary N) is 2. The number of carbonyl (C=O) groups is 3. The molecule has 324 valence electrons. The Morgan fingerprint density at radius 2 is 1.73 bits per heavy atom. The number of carbonyl (C=O) groups excluding carboxylic acids is 3. The third kappa shape index (κ3) is 7.64. The predicted molar refractivity (Wildman–Crippen MR) is 234 cm³/mol. The summed E-state index contributed by atoms with van der Waals surface area (Å²) in [7, 11) is -3.49. The summed E-state index contributed by atoms with van der Waals surface area (Å²) in [5, 5.41) is 15.5. The minimum absolute atomic E-state index is 0.122. The molecule has 1 aliphatic carbocycles. The lowest BCUT2D eigenvalue weighted by molar-refractivity contribution is -0.136. The van der Waals surface area contributed by atoms with Gasteiger partial charge < -0.3 is 15.1 Å². The summed E-state index contributed by atoms with van der Waals surface area (Å²) in [6, 6.07) is 7.63. The summed E-state index contributed by atoms with van der Waals surface area (Å²) < 4.78 is 29.3. The molecule has 5 aliphatic rings. The zero-order chi connectivity index (χ0) is 42.9. The van der Waals surface area contributed by atoms with E-state index < -0.39 is 22.0 Å². The van der Waals surface area contributed by atoms with E-state index in [1.807, 2.05) is 24.4 Å². The van der Waals surface area contributed by atoms with Gasteiger partial charge in [-0.3, -0.25) is 34.2 Å². The van der Waals surface area contributed by atoms with Crippen LogP contribution in [0.5, 0.6) is 0 Å². The van der Waals surface area contributed by atoms with Crippen LogP contribution in [0.4, 0.5) is 17.5 Å². The van der Waals surface area contributed by atoms with Crippen molar-refractivity contribution in [3.63, 3.8) is 0 Å². The first-order chi connectivity index (χ1) is 29.9. The molecule has 20 heteroatoms. The number of piperidine rings is 2. The van der Waals surface area contributed by atoms with Crippen LogP contribution in [0.1, 0.15) is 79.9 Å². The van der Waals surface area contributed by atoms with Crippen LogP contribution in [-0.2, 0) is 32.7 Å². The highest BCUT2D eigenvalue weighted by molar-refractivity contribution is 9.10. The van der Waals surface area contributed by atoms with Gasteiger partial charge >= 0.3 is 0 Å². The number of nitrogens with zero attached hydrogens (tertiary/aromatic N) is 11. The zero-order valence-corrected chi connectivity index (χ0v) is 37.0. The Bertz CT molecular complexity index is 2700. The number of piperazine rings is 1. The van der Waals surface area contributed by atoms with Crippen LogP contribution in [0.25, 0.3) is 22.3 Å². The molecule has 3 amide bonds. The second-order valence-electron chi connectivity index (χ2n) is 17.2. The molecule has 4 aliphatic heterocycles. The van der Waals surface area contributed by atoms with Crippen LogP contribution in [0, 0.1) is 0 Å². The SMILES string of the molecule is CC(C)n1nc(N2CCC(N3CCN(Cc4ccc5c(c4Br)CN(C4CCC(=O)NC4=O)C5=O)CC3)CC2)c2cnc(Nc3ccnc(-c4cnn(S(=O)(=O)C5CC5)c4)n3)cc21. The lowest BCUT2D eigenvalue weighted by atomic mass is 10.0. The summed E-state index contributed by atoms with van der Waals surface area (Å²) >= 11 is 3.81. The van der Waals surface area contributed by atoms with Crippen molar-refractivity contribution in [1.29, 1.82) is 0 Å². The number of anilines is 3. The maximum atomic E-state index is 13.3. The molecule has 4 fully saturated rings. The second kappa shape index (κ2) is 16.1. The Morgan fingerprint density at radius 1 is 0.935 bits per heavy atom. The summed E-state index contributed by atoms with van der Waals surface area (Å²) in [6.07, 6.45) is 10.4. The number of rotatable bonds is 11. The molecule has 3 saturated heterocycles. The van der Waals surface area contributed by atoms with Gasteiger partial charge in [0, 0.05) is 99.4 Å². The summed E-state index contributed by atoms with van der Waals surface area (Å²) in [6.45, 7) is 11.0. The topological polar surface area (TPSA) is 197 Å². The number of hydrogen-bond donors (Lipinski definition) is 2. The van der Waals surface area contributed by atoms with Crippen molar-refractivity contribution in [3.05, 3.63) is 70.2 Å². The van der Waals surface area contributed by atoms with Crippen LogP contribution in [0.2, 0.25) is 0 Å². The minimum Gasteiger partial charge on any atom is -0.354 e. The van der Waals surface area contributed by atoms with Crippen LogP contribution < -0.4 is 15.5 Å². The quantitative estimate of drug-likeness (QED) is 0.180. The Hall–Kier alpha value is -5.31. The van der Waals surface area contributed by atoms with Crippen LogP contribution in [0.15, 0.2) is 53.5 Å². The number of imide groups is 1. The number of benzene rings is 1. The average Bonchev–Trinajstić information content (AvgIpc) is 3.75. The van der Waals surface area contributed by atoms with E-state index in [0.717, 1.165) is 95.1 Å². The maximum Gasteiger partial charge on any atom is 0.256 e. The van der Waals surface area contributed by atoms with E-state index in [9.17, 15) is 22.8 Å². The zero-order valence-electron chi connectivity index (χ0n) is 34.6. The highest BCUT2D eigenvalue weighted by Gasteiger charge is 2.41. The summed E-state index contributed by atoms with van der Waals surface area (Å²) in [4.78, 5) is 60.4. The van der Waals surface area contributed by atoms with Gasteiger partial charge in [0.1, 0.15) is 17.7 Å². The molecule has 18 nitrogen and oxygen atoms in total. The van der Waals surface area contributed by atoms with E-state index in [-0.39, 0.29) is 29.5 Å². The third-order valence-corrected chi connectivity index (χ3v) is 15.8. The number of hydrogen-bond acceptors (Lipinski definition) is 14. The molecule has 4 aromatic heterocycles. The molecule has 8 heterocycles.